The Kier molecular flexibility index (Phi) is 3.06. The molecule has 1 aromatic heterocycles. The van der Waals surface area contributed by atoms with Crippen molar-refractivity contribution >= 4 is 17.6 Å². The van der Waals surface area contributed by atoms with E-state index in [1.165, 1.54) is 34.8 Å². The van der Waals surface area contributed by atoms with Crippen LogP contribution in [-0.4, -0.2) is 16.0 Å². The molecule has 1 aromatic carbocycles. The van der Waals surface area contributed by atoms with E-state index in [0.29, 0.717) is 4.90 Å². The molecule has 0 aliphatic carbocycles. The molecule has 0 aliphatic rings. The van der Waals surface area contributed by atoms with E-state index in [1.54, 1.807) is 13.3 Å². The predicted octanol–water partition coefficient (Wildman–Crippen LogP) is 2.67. The van der Waals surface area contributed by atoms with Gasteiger partial charge in [-0.3, -0.25) is 4.68 Å². The Morgan fingerprint density at radius 2 is 2.06 bits per heavy atom. The van der Waals surface area contributed by atoms with Crippen LogP contribution in [0.1, 0.15) is 0 Å². The number of hydrogen-bond donors (Lipinski definition) is 1. The smallest absolute Gasteiger partial charge is 0.147 e. The molecule has 0 saturated carbocycles. The second-order valence-corrected chi connectivity index (χ2v) is 4.35. The van der Waals surface area contributed by atoms with Gasteiger partial charge in [0.1, 0.15) is 17.5 Å². The molecule has 3 nitrogen and oxygen atoms in total. The number of nitrogens with two attached hydrogens (primary N) is 1. The molecule has 6 heteroatoms. The summed E-state index contributed by atoms with van der Waals surface area (Å²) in [5.41, 5.74) is 5.88. The molecule has 0 saturated heterocycles. The molecule has 1 heterocycles. The second kappa shape index (κ2) is 4.37. The van der Waals surface area contributed by atoms with Gasteiger partial charge in [0.2, 0.25) is 0 Å². The van der Waals surface area contributed by atoms with Crippen LogP contribution < -0.4 is 5.73 Å². The molecule has 0 aliphatic heterocycles. The Labute approximate surface area is 102 Å². The van der Waals surface area contributed by atoms with Crippen molar-refractivity contribution in [2.45, 2.75) is 4.90 Å². The van der Waals surface area contributed by atoms with Crippen LogP contribution in [0.5, 0.6) is 0 Å². The molecule has 0 spiro atoms. The summed E-state index contributed by atoms with van der Waals surface area (Å²) >= 11 is 1.22. The van der Waals surface area contributed by atoms with Gasteiger partial charge in [0.15, 0.2) is 0 Å². The highest BCUT2D eigenvalue weighted by Crippen LogP contribution is 2.34. The van der Waals surface area contributed by atoms with Crippen LogP contribution in [0.2, 0.25) is 0 Å². The van der Waals surface area contributed by atoms with Gasteiger partial charge in [-0.05, 0) is 18.4 Å². The van der Waals surface area contributed by atoms with Gasteiger partial charge in [0, 0.05) is 17.5 Å². The van der Waals surface area contributed by atoms with Crippen molar-refractivity contribution in [1.82, 2.24) is 9.78 Å². The molecular formula is C11H11F2N3S. The van der Waals surface area contributed by atoms with E-state index < -0.39 is 11.6 Å². The number of benzene rings is 1. The van der Waals surface area contributed by atoms with Gasteiger partial charge in [-0.15, -0.1) is 11.8 Å². The number of hydrogen-bond acceptors (Lipinski definition) is 3. The highest BCUT2D eigenvalue weighted by molar-refractivity contribution is 7.98. The van der Waals surface area contributed by atoms with E-state index >= 15 is 0 Å². The van der Waals surface area contributed by atoms with Crippen molar-refractivity contribution in [1.29, 1.82) is 0 Å². The molecule has 0 amide bonds. The summed E-state index contributed by atoms with van der Waals surface area (Å²) in [4.78, 5) is 0.379. The summed E-state index contributed by atoms with van der Waals surface area (Å²) in [6.07, 6.45) is 3.09. The van der Waals surface area contributed by atoms with Gasteiger partial charge in [-0.25, -0.2) is 8.78 Å². The zero-order valence-corrected chi connectivity index (χ0v) is 10.2. The lowest BCUT2D eigenvalue weighted by atomic mass is 10.1. The van der Waals surface area contributed by atoms with Crippen molar-refractivity contribution in [2.75, 3.05) is 12.0 Å². The average molecular weight is 255 g/mol. The summed E-state index contributed by atoms with van der Waals surface area (Å²) in [7, 11) is 1.62. The molecule has 0 fully saturated rings. The number of aromatic nitrogens is 2. The van der Waals surface area contributed by atoms with Crippen LogP contribution in [-0.2, 0) is 7.05 Å². The minimum absolute atomic E-state index is 0.123. The maximum absolute atomic E-state index is 14.1. The zero-order valence-electron chi connectivity index (χ0n) is 9.37. The van der Waals surface area contributed by atoms with Crippen LogP contribution in [0.4, 0.5) is 14.6 Å². The first kappa shape index (κ1) is 11.9. The van der Waals surface area contributed by atoms with Crippen LogP contribution in [0.25, 0.3) is 11.1 Å². The van der Waals surface area contributed by atoms with Crippen molar-refractivity contribution < 1.29 is 8.78 Å². The Morgan fingerprint density at radius 3 is 2.59 bits per heavy atom. The lowest BCUT2D eigenvalue weighted by Crippen LogP contribution is -2.00. The molecular weight excluding hydrogens is 244 g/mol. The third-order valence-electron chi connectivity index (χ3n) is 2.53. The van der Waals surface area contributed by atoms with Gasteiger partial charge in [-0.2, -0.15) is 5.10 Å². The fourth-order valence-electron chi connectivity index (χ4n) is 1.58. The topological polar surface area (TPSA) is 43.8 Å². The number of nitrogen functional groups attached to an aromatic ring is 1. The largest absolute Gasteiger partial charge is 0.383 e. The monoisotopic (exact) mass is 255 g/mol. The molecule has 17 heavy (non-hydrogen) atoms. The molecule has 90 valence electrons. The van der Waals surface area contributed by atoms with Gasteiger partial charge >= 0.3 is 0 Å². The number of halogens is 2. The third-order valence-corrected chi connectivity index (χ3v) is 3.28. The molecule has 0 atom stereocenters. The normalized spacial score (nSPS) is 10.8. The van der Waals surface area contributed by atoms with E-state index in [0.717, 1.165) is 0 Å². The lowest BCUT2D eigenvalue weighted by Gasteiger charge is -2.07. The molecule has 0 bridgehead atoms. The van der Waals surface area contributed by atoms with Crippen LogP contribution in [0, 0.1) is 11.6 Å². The summed E-state index contributed by atoms with van der Waals surface area (Å²) in [5.74, 6) is -1.00. The molecule has 2 N–H and O–H groups in total. The van der Waals surface area contributed by atoms with E-state index in [-0.39, 0.29) is 16.9 Å². The fourth-order valence-corrected chi connectivity index (χ4v) is 2.06. The quantitative estimate of drug-likeness (QED) is 0.839. The number of rotatable bonds is 2. The van der Waals surface area contributed by atoms with E-state index in [4.69, 9.17) is 5.73 Å². The minimum Gasteiger partial charge on any atom is -0.383 e. The maximum atomic E-state index is 14.1. The highest BCUT2D eigenvalue weighted by Gasteiger charge is 2.19. The second-order valence-electron chi connectivity index (χ2n) is 3.51. The van der Waals surface area contributed by atoms with Crippen LogP contribution >= 0.6 is 11.8 Å². The van der Waals surface area contributed by atoms with Gasteiger partial charge in [0.25, 0.3) is 0 Å². The first-order valence-corrected chi connectivity index (χ1v) is 6.08. The number of nitrogens with zero attached hydrogens (tertiary/aromatic N) is 2. The standard InChI is InChI=1S/C11H11F2N3S/c1-16-11(14)6(5-15-16)9-7(12)3-4-8(17-2)10(9)13/h3-5H,14H2,1-2H3. The van der Waals surface area contributed by atoms with E-state index in [2.05, 4.69) is 5.10 Å². The summed E-state index contributed by atoms with van der Waals surface area (Å²) in [5, 5.41) is 3.88. The summed E-state index contributed by atoms with van der Waals surface area (Å²) in [6.45, 7) is 0. The molecule has 0 radical (unpaired) electrons. The van der Waals surface area contributed by atoms with Gasteiger partial charge in [-0.1, -0.05) is 0 Å². The van der Waals surface area contributed by atoms with Crippen molar-refractivity contribution in [3.63, 3.8) is 0 Å². The van der Waals surface area contributed by atoms with E-state index in [9.17, 15) is 8.78 Å². The SMILES string of the molecule is CSc1ccc(F)c(-c2cnn(C)c2N)c1F. The Hall–Kier alpha value is -1.56. The number of aryl methyl sites for hydroxylation is 1. The average Bonchev–Trinajstić information content (AvgIpc) is 2.62. The van der Waals surface area contributed by atoms with Crippen LogP contribution in [0.15, 0.2) is 23.2 Å². The maximum Gasteiger partial charge on any atom is 0.147 e. The fraction of sp³-hybridized carbons (Fsp3) is 0.182. The lowest BCUT2D eigenvalue weighted by molar-refractivity contribution is 0.572. The Morgan fingerprint density at radius 1 is 1.35 bits per heavy atom. The highest BCUT2D eigenvalue weighted by atomic mass is 32.2. The van der Waals surface area contributed by atoms with Crippen molar-refractivity contribution in [3.8, 4) is 11.1 Å². The first-order valence-electron chi connectivity index (χ1n) is 4.86. The van der Waals surface area contributed by atoms with E-state index in [1.807, 2.05) is 0 Å². The zero-order chi connectivity index (χ0) is 12.6. The Bertz CT molecular complexity index is 566. The van der Waals surface area contributed by atoms with Crippen molar-refractivity contribution in [3.05, 3.63) is 30.0 Å². The number of anilines is 1. The Balaban J connectivity index is 2.70. The van der Waals surface area contributed by atoms with Crippen LogP contribution in [0.3, 0.4) is 0 Å². The van der Waals surface area contributed by atoms with Gasteiger partial charge < -0.3 is 5.73 Å². The molecule has 2 rings (SSSR count). The summed E-state index contributed by atoms with van der Waals surface area (Å²) < 4.78 is 29.1. The molecule has 0 unspecified atom stereocenters. The van der Waals surface area contributed by atoms with Crippen molar-refractivity contribution in [2.24, 2.45) is 7.05 Å². The third kappa shape index (κ3) is 1.88. The minimum atomic E-state index is -0.639. The molecule has 2 aromatic rings. The first-order chi connectivity index (χ1) is 8.06. The summed E-state index contributed by atoms with van der Waals surface area (Å²) in [6, 6.07) is 2.64. The van der Waals surface area contributed by atoms with Gasteiger partial charge in [0.05, 0.1) is 11.8 Å². The number of thioether (sulfide) groups is 1. The predicted molar refractivity (Wildman–Crippen MR) is 64.8 cm³/mol.